The molecule has 0 aliphatic carbocycles. The molecule has 1 atom stereocenters. The van der Waals surface area contributed by atoms with Crippen molar-refractivity contribution in [3.8, 4) is 5.75 Å². The van der Waals surface area contributed by atoms with E-state index < -0.39 is 0 Å². The fraction of sp³-hybridized carbons (Fsp3) is 0.412. The Bertz CT molecular complexity index is 583. The van der Waals surface area contributed by atoms with Gasteiger partial charge < -0.3 is 10.1 Å². The zero-order valence-corrected chi connectivity index (χ0v) is 12.4. The summed E-state index contributed by atoms with van der Waals surface area (Å²) in [6, 6.07) is 8.18. The molecule has 0 spiro atoms. The summed E-state index contributed by atoms with van der Waals surface area (Å²) in [5.74, 6) is 2.10. The first kappa shape index (κ1) is 14.0. The van der Waals surface area contributed by atoms with Crippen molar-refractivity contribution in [2.24, 2.45) is 0 Å². The van der Waals surface area contributed by atoms with Crippen molar-refractivity contribution < 1.29 is 4.74 Å². The number of benzene rings is 1. The summed E-state index contributed by atoms with van der Waals surface area (Å²) in [5, 5.41) is 3.37. The zero-order valence-electron chi connectivity index (χ0n) is 12.4. The van der Waals surface area contributed by atoms with Crippen LogP contribution in [0.4, 0.5) is 0 Å². The first-order chi connectivity index (χ1) is 10.4. The molecule has 4 heteroatoms. The van der Waals surface area contributed by atoms with Crippen molar-refractivity contribution in [2.75, 3.05) is 13.2 Å². The Morgan fingerprint density at radius 3 is 2.86 bits per heavy atom. The molecule has 1 aliphatic heterocycles. The molecule has 2 heterocycles. The molecule has 3 rings (SSSR count). The third kappa shape index (κ3) is 3.22. The molecule has 21 heavy (non-hydrogen) atoms. The first-order valence-electron chi connectivity index (χ1n) is 7.61. The highest BCUT2D eigenvalue weighted by atomic mass is 16.5. The zero-order chi connectivity index (χ0) is 14.5. The van der Waals surface area contributed by atoms with Gasteiger partial charge >= 0.3 is 0 Å². The minimum Gasteiger partial charge on any atom is -0.493 e. The Balaban J connectivity index is 1.76. The number of nitrogens with one attached hydrogen (secondary N) is 1. The van der Waals surface area contributed by atoms with Gasteiger partial charge in [0.15, 0.2) is 0 Å². The second-order valence-corrected chi connectivity index (χ2v) is 5.35. The van der Waals surface area contributed by atoms with Crippen LogP contribution in [0.2, 0.25) is 0 Å². The molecule has 110 valence electrons. The van der Waals surface area contributed by atoms with Crippen LogP contribution in [0.1, 0.15) is 42.6 Å². The number of nitrogens with zero attached hydrogens (tertiary/aromatic N) is 2. The van der Waals surface area contributed by atoms with E-state index in [-0.39, 0.29) is 5.92 Å². The van der Waals surface area contributed by atoms with Crippen LogP contribution in [0.15, 0.2) is 36.7 Å². The van der Waals surface area contributed by atoms with Gasteiger partial charge in [-0.1, -0.05) is 25.1 Å². The van der Waals surface area contributed by atoms with Crippen molar-refractivity contribution in [1.82, 2.24) is 15.3 Å². The first-order valence-corrected chi connectivity index (χ1v) is 7.61. The van der Waals surface area contributed by atoms with Crippen LogP contribution in [0.25, 0.3) is 0 Å². The SMILES string of the molecule is CCCNCc1cnc(C2CCOc3ccccc32)nc1. The molecule has 0 amide bonds. The van der Waals surface area contributed by atoms with Crippen LogP contribution in [-0.2, 0) is 6.54 Å². The van der Waals surface area contributed by atoms with Gasteiger partial charge in [-0.05, 0) is 25.5 Å². The summed E-state index contributed by atoms with van der Waals surface area (Å²) in [6.07, 6.45) is 5.94. The van der Waals surface area contributed by atoms with E-state index in [2.05, 4.69) is 28.3 Å². The van der Waals surface area contributed by atoms with E-state index in [1.807, 2.05) is 30.6 Å². The summed E-state index contributed by atoms with van der Waals surface area (Å²) in [4.78, 5) is 9.15. The highest BCUT2D eigenvalue weighted by molar-refractivity contribution is 5.40. The average molecular weight is 283 g/mol. The van der Waals surface area contributed by atoms with Gasteiger partial charge in [-0.2, -0.15) is 0 Å². The molecule has 0 saturated heterocycles. The maximum atomic E-state index is 5.70. The molecule has 1 aromatic heterocycles. The topological polar surface area (TPSA) is 47.0 Å². The second-order valence-electron chi connectivity index (χ2n) is 5.35. The molecule has 4 nitrogen and oxygen atoms in total. The van der Waals surface area contributed by atoms with Gasteiger partial charge in [-0.3, -0.25) is 0 Å². The average Bonchev–Trinajstić information content (AvgIpc) is 2.55. The summed E-state index contributed by atoms with van der Waals surface area (Å²) in [6.45, 7) is 4.74. The molecular formula is C17H21N3O. The van der Waals surface area contributed by atoms with Crippen LogP contribution in [0, 0.1) is 0 Å². The van der Waals surface area contributed by atoms with Gasteiger partial charge in [0.2, 0.25) is 0 Å². The number of rotatable bonds is 5. The fourth-order valence-corrected chi connectivity index (χ4v) is 2.66. The van der Waals surface area contributed by atoms with E-state index in [0.717, 1.165) is 49.7 Å². The summed E-state index contributed by atoms with van der Waals surface area (Å²) >= 11 is 0. The lowest BCUT2D eigenvalue weighted by Gasteiger charge is -2.24. The fourth-order valence-electron chi connectivity index (χ4n) is 2.66. The van der Waals surface area contributed by atoms with Gasteiger partial charge in [0.25, 0.3) is 0 Å². The minimum atomic E-state index is 0.243. The van der Waals surface area contributed by atoms with Crippen molar-refractivity contribution in [3.63, 3.8) is 0 Å². The maximum Gasteiger partial charge on any atom is 0.135 e. The van der Waals surface area contributed by atoms with E-state index in [1.54, 1.807) is 0 Å². The van der Waals surface area contributed by atoms with Gasteiger partial charge in [0.1, 0.15) is 11.6 Å². The molecule has 2 aromatic rings. The Hall–Kier alpha value is -1.94. The van der Waals surface area contributed by atoms with Crippen molar-refractivity contribution in [1.29, 1.82) is 0 Å². The molecule has 0 saturated carbocycles. The Kier molecular flexibility index (Phi) is 4.46. The van der Waals surface area contributed by atoms with Crippen molar-refractivity contribution in [3.05, 3.63) is 53.6 Å². The lowest BCUT2D eigenvalue weighted by molar-refractivity contribution is 0.274. The van der Waals surface area contributed by atoms with Crippen molar-refractivity contribution in [2.45, 2.75) is 32.2 Å². The largest absolute Gasteiger partial charge is 0.493 e. The molecule has 1 aromatic carbocycles. The Morgan fingerprint density at radius 2 is 2.05 bits per heavy atom. The molecule has 1 N–H and O–H groups in total. The van der Waals surface area contributed by atoms with E-state index in [0.29, 0.717) is 0 Å². The van der Waals surface area contributed by atoms with Crippen LogP contribution in [0.3, 0.4) is 0 Å². The highest BCUT2D eigenvalue weighted by Crippen LogP contribution is 2.36. The van der Waals surface area contributed by atoms with E-state index in [4.69, 9.17) is 4.74 Å². The van der Waals surface area contributed by atoms with Crippen LogP contribution in [-0.4, -0.2) is 23.1 Å². The maximum absolute atomic E-state index is 5.70. The number of hydrogen-bond acceptors (Lipinski definition) is 4. The quantitative estimate of drug-likeness (QED) is 0.857. The second kappa shape index (κ2) is 6.68. The van der Waals surface area contributed by atoms with Crippen molar-refractivity contribution >= 4 is 0 Å². The number of aromatic nitrogens is 2. The molecule has 1 aliphatic rings. The summed E-state index contributed by atoms with van der Waals surface area (Å²) < 4.78 is 5.70. The van der Waals surface area contributed by atoms with Gasteiger partial charge in [-0.15, -0.1) is 0 Å². The number of para-hydroxylation sites is 1. The number of hydrogen-bond donors (Lipinski definition) is 1. The Labute approximate surface area is 125 Å². The molecule has 1 unspecified atom stereocenters. The third-order valence-corrected chi connectivity index (χ3v) is 3.75. The van der Waals surface area contributed by atoms with Crippen LogP contribution >= 0.6 is 0 Å². The van der Waals surface area contributed by atoms with Gasteiger partial charge in [-0.25, -0.2) is 9.97 Å². The lowest BCUT2D eigenvalue weighted by atomic mass is 9.92. The minimum absolute atomic E-state index is 0.243. The monoisotopic (exact) mass is 283 g/mol. The van der Waals surface area contributed by atoms with Gasteiger partial charge in [0.05, 0.1) is 12.5 Å². The molecular weight excluding hydrogens is 262 g/mol. The summed E-state index contributed by atoms with van der Waals surface area (Å²) in [5.41, 5.74) is 2.33. The predicted octanol–water partition coefficient (Wildman–Crippen LogP) is 2.89. The van der Waals surface area contributed by atoms with Crippen LogP contribution in [0.5, 0.6) is 5.75 Å². The predicted molar refractivity (Wildman–Crippen MR) is 82.4 cm³/mol. The summed E-state index contributed by atoms with van der Waals surface area (Å²) in [7, 11) is 0. The normalized spacial score (nSPS) is 17.1. The molecule has 0 bridgehead atoms. The van der Waals surface area contributed by atoms with Crippen LogP contribution < -0.4 is 10.1 Å². The molecule has 0 radical (unpaired) electrons. The number of ether oxygens (including phenoxy) is 1. The lowest BCUT2D eigenvalue weighted by Crippen LogP contribution is -2.18. The van der Waals surface area contributed by atoms with E-state index in [1.165, 1.54) is 5.56 Å². The van der Waals surface area contributed by atoms with E-state index in [9.17, 15) is 0 Å². The third-order valence-electron chi connectivity index (χ3n) is 3.75. The van der Waals surface area contributed by atoms with E-state index >= 15 is 0 Å². The molecule has 0 fully saturated rings. The standard InChI is InChI=1S/C17H21N3O/c1-2-8-18-10-13-11-19-17(20-12-13)15-7-9-21-16-6-4-3-5-14(15)16/h3-6,11-12,15,18H,2,7-10H2,1H3. The van der Waals surface area contributed by atoms with Gasteiger partial charge in [0, 0.05) is 30.1 Å². The number of fused-ring (bicyclic) bond motifs is 1. The smallest absolute Gasteiger partial charge is 0.135 e. The Morgan fingerprint density at radius 1 is 1.24 bits per heavy atom. The highest BCUT2D eigenvalue weighted by Gasteiger charge is 2.24.